The van der Waals surface area contributed by atoms with E-state index >= 15 is 0 Å². The van der Waals surface area contributed by atoms with E-state index in [1.807, 2.05) is 31.2 Å². The molecule has 2 heterocycles. The van der Waals surface area contributed by atoms with Crippen molar-refractivity contribution in [1.29, 1.82) is 0 Å². The normalized spacial score (nSPS) is 10.6. The number of anilines is 1. The van der Waals surface area contributed by atoms with E-state index in [0.29, 0.717) is 35.9 Å². The summed E-state index contributed by atoms with van der Waals surface area (Å²) in [4.78, 5) is 14.3. The standard InChI is InChI=1S/C19H21N5O3/c1-13-10-16(27-23-13)12-24(2)19(26)15-5-3-4-14(11-15)17-6-7-18(22-21-17)20-8-9-25/h3-7,10-11,25H,8-9,12H2,1-2H3,(H,20,22). The summed E-state index contributed by atoms with van der Waals surface area (Å²) in [6.07, 6.45) is 0. The Kier molecular flexibility index (Phi) is 5.77. The van der Waals surface area contributed by atoms with Crippen molar-refractivity contribution in [2.24, 2.45) is 0 Å². The Morgan fingerprint density at radius 1 is 1.22 bits per heavy atom. The summed E-state index contributed by atoms with van der Waals surface area (Å²) in [5.74, 6) is 1.10. The molecule has 8 heteroatoms. The molecule has 1 amide bonds. The highest BCUT2D eigenvalue weighted by molar-refractivity contribution is 5.95. The summed E-state index contributed by atoms with van der Waals surface area (Å²) >= 11 is 0. The Balaban J connectivity index is 1.73. The van der Waals surface area contributed by atoms with Gasteiger partial charge in [-0.15, -0.1) is 10.2 Å². The topological polar surface area (TPSA) is 104 Å². The van der Waals surface area contributed by atoms with Crippen LogP contribution >= 0.6 is 0 Å². The van der Waals surface area contributed by atoms with Gasteiger partial charge in [-0.2, -0.15) is 0 Å². The Morgan fingerprint density at radius 3 is 2.74 bits per heavy atom. The molecular formula is C19H21N5O3. The first-order valence-electron chi connectivity index (χ1n) is 8.53. The van der Waals surface area contributed by atoms with Crippen molar-refractivity contribution in [2.45, 2.75) is 13.5 Å². The first kappa shape index (κ1) is 18.5. The van der Waals surface area contributed by atoms with Crippen molar-refractivity contribution in [1.82, 2.24) is 20.3 Å². The molecule has 0 fully saturated rings. The molecule has 0 radical (unpaired) electrons. The van der Waals surface area contributed by atoms with Gasteiger partial charge in [-0.25, -0.2) is 0 Å². The molecular weight excluding hydrogens is 346 g/mol. The number of rotatable bonds is 7. The van der Waals surface area contributed by atoms with Gasteiger partial charge in [0.1, 0.15) is 5.82 Å². The maximum Gasteiger partial charge on any atom is 0.254 e. The number of hydrogen-bond donors (Lipinski definition) is 2. The Labute approximate surface area is 156 Å². The van der Waals surface area contributed by atoms with E-state index in [0.717, 1.165) is 11.3 Å². The van der Waals surface area contributed by atoms with Gasteiger partial charge in [-0.1, -0.05) is 17.3 Å². The summed E-state index contributed by atoms with van der Waals surface area (Å²) in [5, 5.41) is 23.9. The molecule has 0 atom stereocenters. The molecule has 27 heavy (non-hydrogen) atoms. The molecule has 0 saturated heterocycles. The predicted molar refractivity (Wildman–Crippen MR) is 100 cm³/mol. The van der Waals surface area contributed by atoms with Gasteiger partial charge < -0.3 is 19.8 Å². The largest absolute Gasteiger partial charge is 0.395 e. The van der Waals surface area contributed by atoms with Gasteiger partial charge >= 0.3 is 0 Å². The van der Waals surface area contributed by atoms with Crippen LogP contribution in [0.5, 0.6) is 0 Å². The first-order valence-corrected chi connectivity index (χ1v) is 8.53. The van der Waals surface area contributed by atoms with Gasteiger partial charge in [-0.05, 0) is 31.2 Å². The molecule has 2 aromatic heterocycles. The van der Waals surface area contributed by atoms with Gasteiger partial charge in [0.15, 0.2) is 5.76 Å². The van der Waals surface area contributed by atoms with Crippen LogP contribution in [0, 0.1) is 6.92 Å². The second-order valence-corrected chi connectivity index (χ2v) is 6.13. The molecule has 8 nitrogen and oxygen atoms in total. The van der Waals surface area contributed by atoms with Crippen LogP contribution in [-0.4, -0.2) is 51.5 Å². The quantitative estimate of drug-likeness (QED) is 0.659. The van der Waals surface area contributed by atoms with Crippen LogP contribution in [0.1, 0.15) is 21.8 Å². The summed E-state index contributed by atoms with van der Waals surface area (Å²) < 4.78 is 5.17. The van der Waals surface area contributed by atoms with E-state index in [-0.39, 0.29) is 12.5 Å². The van der Waals surface area contributed by atoms with Crippen LogP contribution in [-0.2, 0) is 6.54 Å². The number of aromatic nitrogens is 3. The van der Waals surface area contributed by atoms with E-state index in [4.69, 9.17) is 9.63 Å². The van der Waals surface area contributed by atoms with Crippen molar-refractivity contribution < 1.29 is 14.4 Å². The summed E-state index contributed by atoms with van der Waals surface area (Å²) in [5.41, 5.74) is 2.79. The number of benzene rings is 1. The van der Waals surface area contributed by atoms with E-state index in [2.05, 4.69) is 20.7 Å². The minimum absolute atomic E-state index is 0.0226. The van der Waals surface area contributed by atoms with E-state index in [1.165, 1.54) is 0 Å². The molecule has 0 saturated carbocycles. The molecule has 140 valence electrons. The van der Waals surface area contributed by atoms with Crippen LogP contribution < -0.4 is 5.32 Å². The third kappa shape index (κ3) is 4.68. The monoisotopic (exact) mass is 367 g/mol. The van der Waals surface area contributed by atoms with Crippen molar-refractivity contribution in [2.75, 3.05) is 25.5 Å². The van der Waals surface area contributed by atoms with Crippen LogP contribution in [0.15, 0.2) is 47.0 Å². The molecule has 0 aliphatic rings. The molecule has 2 N–H and O–H groups in total. The average Bonchev–Trinajstić information content (AvgIpc) is 3.10. The minimum atomic E-state index is -0.125. The Hall–Kier alpha value is -3.26. The number of nitrogens with zero attached hydrogens (tertiary/aromatic N) is 4. The molecule has 0 unspecified atom stereocenters. The Bertz CT molecular complexity index is 908. The molecule has 3 aromatic rings. The third-order valence-electron chi connectivity index (χ3n) is 3.90. The summed E-state index contributed by atoms with van der Waals surface area (Å²) in [7, 11) is 1.72. The molecule has 0 spiro atoms. The fourth-order valence-electron chi connectivity index (χ4n) is 2.59. The van der Waals surface area contributed by atoms with Crippen LogP contribution in [0.3, 0.4) is 0 Å². The van der Waals surface area contributed by atoms with Crippen LogP contribution in [0.25, 0.3) is 11.3 Å². The smallest absolute Gasteiger partial charge is 0.254 e. The lowest BCUT2D eigenvalue weighted by Crippen LogP contribution is -2.26. The molecule has 0 aliphatic heterocycles. The van der Waals surface area contributed by atoms with Gasteiger partial charge in [0.25, 0.3) is 5.91 Å². The van der Waals surface area contributed by atoms with Gasteiger partial charge in [0, 0.05) is 30.8 Å². The number of hydrogen-bond acceptors (Lipinski definition) is 7. The van der Waals surface area contributed by atoms with E-state index in [1.54, 1.807) is 30.1 Å². The lowest BCUT2D eigenvalue weighted by Gasteiger charge is -2.15. The highest BCUT2D eigenvalue weighted by atomic mass is 16.5. The maximum atomic E-state index is 12.7. The highest BCUT2D eigenvalue weighted by Crippen LogP contribution is 2.20. The molecule has 0 bridgehead atoms. The lowest BCUT2D eigenvalue weighted by atomic mass is 10.1. The summed E-state index contributed by atoms with van der Waals surface area (Å²) in [6, 6.07) is 12.6. The maximum absolute atomic E-state index is 12.7. The molecule has 1 aromatic carbocycles. The number of aliphatic hydroxyl groups excluding tert-OH is 1. The van der Waals surface area contributed by atoms with Crippen LogP contribution in [0.4, 0.5) is 5.82 Å². The first-order chi connectivity index (χ1) is 13.1. The fourth-order valence-corrected chi connectivity index (χ4v) is 2.59. The summed E-state index contributed by atoms with van der Waals surface area (Å²) in [6.45, 7) is 2.61. The fraction of sp³-hybridized carbons (Fsp3) is 0.263. The number of carbonyl (C=O) groups is 1. The molecule has 3 rings (SSSR count). The van der Waals surface area contributed by atoms with Gasteiger partial charge in [0.2, 0.25) is 0 Å². The Morgan fingerprint density at radius 2 is 2.07 bits per heavy atom. The van der Waals surface area contributed by atoms with Gasteiger partial charge in [0.05, 0.1) is 24.5 Å². The SMILES string of the molecule is Cc1cc(CN(C)C(=O)c2cccc(-c3ccc(NCCO)nn3)c2)on1. The van der Waals surface area contributed by atoms with E-state index < -0.39 is 0 Å². The number of aryl methyl sites for hydroxylation is 1. The minimum Gasteiger partial charge on any atom is -0.395 e. The van der Waals surface area contributed by atoms with Gasteiger partial charge in [-0.3, -0.25) is 4.79 Å². The average molecular weight is 367 g/mol. The predicted octanol–water partition coefficient (Wildman–Crippen LogP) is 2.12. The van der Waals surface area contributed by atoms with E-state index in [9.17, 15) is 4.79 Å². The zero-order chi connectivity index (χ0) is 19.2. The van der Waals surface area contributed by atoms with Crippen LogP contribution in [0.2, 0.25) is 0 Å². The lowest BCUT2D eigenvalue weighted by molar-refractivity contribution is 0.0772. The third-order valence-corrected chi connectivity index (χ3v) is 3.90. The number of aliphatic hydroxyl groups is 1. The number of nitrogens with one attached hydrogen (secondary N) is 1. The second-order valence-electron chi connectivity index (χ2n) is 6.13. The second kappa shape index (κ2) is 8.41. The zero-order valence-corrected chi connectivity index (χ0v) is 15.2. The molecule has 0 aliphatic carbocycles. The van der Waals surface area contributed by atoms with Crippen molar-refractivity contribution >= 4 is 11.7 Å². The zero-order valence-electron chi connectivity index (χ0n) is 15.2. The van der Waals surface area contributed by atoms with Crippen molar-refractivity contribution in [3.63, 3.8) is 0 Å². The number of amides is 1. The van der Waals surface area contributed by atoms with Crippen molar-refractivity contribution in [3.8, 4) is 11.3 Å². The highest BCUT2D eigenvalue weighted by Gasteiger charge is 2.15. The van der Waals surface area contributed by atoms with Crippen molar-refractivity contribution in [3.05, 3.63) is 59.5 Å². The number of carbonyl (C=O) groups excluding carboxylic acids is 1.